The van der Waals surface area contributed by atoms with Gasteiger partial charge in [-0.2, -0.15) is 5.10 Å². The third-order valence-electron chi connectivity index (χ3n) is 3.41. The number of carbonyl (C=O) groups is 1. The lowest BCUT2D eigenvalue weighted by molar-refractivity contribution is 0.0433. The fourth-order valence-electron chi connectivity index (χ4n) is 2.35. The minimum atomic E-state index is -0.302. The number of nitrogens with zero attached hydrogens (tertiary/aromatic N) is 2. The van der Waals surface area contributed by atoms with Crippen molar-refractivity contribution in [3.05, 3.63) is 48.3 Å². The first kappa shape index (κ1) is 12.1. The van der Waals surface area contributed by atoms with Gasteiger partial charge in [-0.15, -0.1) is 0 Å². The minimum Gasteiger partial charge on any atom is -0.367 e. The first-order valence-corrected chi connectivity index (χ1v) is 6.54. The van der Waals surface area contributed by atoms with Gasteiger partial charge in [0, 0.05) is 6.20 Å². The summed E-state index contributed by atoms with van der Waals surface area (Å²) < 4.78 is 7.32. The molecule has 2 heterocycles. The van der Waals surface area contributed by atoms with Crippen molar-refractivity contribution in [2.75, 3.05) is 0 Å². The van der Waals surface area contributed by atoms with Crippen LogP contribution in [0.4, 0.5) is 0 Å². The molecule has 1 aliphatic rings. The summed E-state index contributed by atoms with van der Waals surface area (Å²) in [6.07, 6.45) is 5.01. The number of carbonyl (C=O) groups excluding carboxylic acids is 1. The predicted molar refractivity (Wildman–Crippen MR) is 71.5 cm³/mol. The number of hydrogen-bond donors (Lipinski definition) is 0. The maximum atomic E-state index is 12.3. The molecular formula is C15H16N2O2. The number of para-hydroxylation sites is 1. The van der Waals surface area contributed by atoms with Crippen LogP contribution in [-0.2, 0) is 4.74 Å². The van der Waals surface area contributed by atoms with E-state index in [1.54, 1.807) is 17.1 Å². The summed E-state index contributed by atoms with van der Waals surface area (Å²) in [4.78, 5) is 12.3. The number of hydrogen-bond acceptors (Lipinski definition) is 3. The fraction of sp³-hybridized carbons (Fsp3) is 0.333. The maximum absolute atomic E-state index is 12.3. The SMILES string of the molecule is CC1CCC(C(=O)c2cnn(-c3ccccc3)c2)O1. The first-order chi connectivity index (χ1) is 9.24. The van der Waals surface area contributed by atoms with Gasteiger partial charge in [-0.1, -0.05) is 18.2 Å². The van der Waals surface area contributed by atoms with Crippen molar-refractivity contribution < 1.29 is 9.53 Å². The molecule has 4 nitrogen and oxygen atoms in total. The third kappa shape index (κ3) is 2.44. The van der Waals surface area contributed by atoms with Gasteiger partial charge in [0.1, 0.15) is 6.10 Å². The molecule has 19 heavy (non-hydrogen) atoms. The molecule has 0 radical (unpaired) electrons. The Labute approximate surface area is 112 Å². The van der Waals surface area contributed by atoms with Crippen LogP contribution >= 0.6 is 0 Å². The molecule has 0 amide bonds. The highest BCUT2D eigenvalue weighted by Crippen LogP contribution is 2.22. The molecular weight excluding hydrogens is 240 g/mol. The summed E-state index contributed by atoms with van der Waals surface area (Å²) in [5.74, 6) is 0.0338. The molecule has 0 saturated carbocycles. The van der Waals surface area contributed by atoms with Gasteiger partial charge < -0.3 is 4.74 Å². The number of aromatic nitrogens is 2. The highest BCUT2D eigenvalue weighted by Gasteiger charge is 2.29. The normalized spacial score (nSPS) is 22.6. The second-order valence-corrected chi connectivity index (χ2v) is 4.89. The van der Waals surface area contributed by atoms with E-state index in [0.717, 1.165) is 18.5 Å². The van der Waals surface area contributed by atoms with E-state index in [9.17, 15) is 4.79 Å². The van der Waals surface area contributed by atoms with Crippen molar-refractivity contribution in [3.8, 4) is 5.69 Å². The first-order valence-electron chi connectivity index (χ1n) is 6.54. The smallest absolute Gasteiger partial charge is 0.194 e. The van der Waals surface area contributed by atoms with E-state index in [1.165, 1.54) is 0 Å². The van der Waals surface area contributed by atoms with E-state index in [4.69, 9.17) is 4.74 Å². The van der Waals surface area contributed by atoms with Crippen LogP contribution < -0.4 is 0 Å². The Kier molecular flexibility index (Phi) is 3.17. The molecule has 2 atom stereocenters. The van der Waals surface area contributed by atoms with Crippen molar-refractivity contribution in [2.45, 2.75) is 32.0 Å². The number of rotatable bonds is 3. The average Bonchev–Trinajstić information content (AvgIpc) is 3.08. The molecule has 2 aromatic rings. The highest BCUT2D eigenvalue weighted by molar-refractivity contribution is 5.99. The Hall–Kier alpha value is -1.94. The van der Waals surface area contributed by atoms with Crippen LogP contribution in [0.2, 0.25) is 0 Å². The predicted octanol–water partition coefficient (Wildman–Crippen LogP) is 2.62. The Morgan fingerprint density at radius 2 is 2.11 bits per heavy atom. The lowest BCUT2D eigenvalue weighted by Crippen LogP contribution is -2.20. The Morgan fingerprint density at radius 1 is 1.32 bits per heavy atom. The zero-order valence-corrected chi connectivity index (χ0v) is 10.8. The number of Topliss-reactive ketones (excluding diaryl/α,β-unsaturated/α-hetero) is 1. The van der Waals surface area contributed by atoms with Gasteiger partial charge in [-0.25, -0.2) is 4.68 Å². The largest absolute Gasteiger partial charge is 0.367 e. The fourth-order valence-corrected chi connectivity index (χ4v) is 2.35. The number of ether oxygens (including phenoxy) is 1. The lowest BCUT2D eigenvalue weighted by Gasteiger charge is -2.07. The van der Waals surface area contributed by atoms with Crippen LogP contribution in [0.25, 0.3) is 5.69 Å². The van der Waals surface area contributed by atoms with Gasteiger partial charge in [0.2, 0.25) is 0 Å². The quantitative estimate of drug-likeness (QED) is 0.793. The van der Waals surface area contributed by atoms with Gasteiger partial charge in [-0.05, 0) is 31.9 Å². The van der Waals surface area contributed by atoms with Crippen LogP contribution in [0.5, 0.6) is 0 Å². The lowest BCUT2D eigenvalue weighted by atomic mass is 10.1. The Morgan fingerprint density at radius 3 is 2.79 bits per heavy atom. The van der Waals surface area contributed by atoms with E-state index >= 15 is 0 Å². The van der Waals surface area contributed by atoms with Crippen molar-refractivity contribution in [3.63, 3.8) is 0 Å². The van der Waals surface area contributed by atoms with Crippen LogP contribution in [0.15, 0.2) is 42.7 Å². The van der Waals surface area contributed by atoms with Crippen molar-refractivity contribution in [1.29, 1.82) is 0 Å². The van der Waals surface area contributed by atoms with Crippen molar-refractivity contribution in [2.24, 2.45) is 0 Å². The molecule has 98 valence electrons. The van der Waals surface area contributed by atoms with Crippen LogP contribution in [0.1, 0.15) is 30.1 Å². The van der Waals surface area contributed by atoms with Gasteiger partial charge in [0.05, 0.1) is 23.6 Å². The molecule has 0 bridgehead atoms. The van der Waals surface area contributed by atoms with Crippen LogP contribution in [-0.4, -0.2) is 27.8 Å². The molecule has 2 unspecified atom stereocenters. The molecule has 1 aliphatic heterocycles. The number of ketones is 1. The highest BCUT2D eigenvalue weighted by atomic mass is 16.5. The summed E-state index contributed by atoms with van der Waals surface area (Å²) in [6, 6.07) is 9.75. The van der Waals surface area contributed by atoms with Crippen LogP contribution in [0.3, 0.4) is 0 Å². The van der Waals surface area contributed by atoms with E-state index in [0.29, 0.717) is 5.56 Å². The van der Waals surface area contributed by atoms with Gasteiger partial charge >= 0.3 is 0 Å². The van der Waals surface area contributed by atoms with E-state index in [2.05, 4.69) is 5.10 Å². The molecule has 1 aromatic heterocycles. The molecule has 1 fully saturated rings. The van der Waals surface area contributed by atoms with Crippen molar-refractivity contribution >= 4 is 5.78 Å². The minimum absolute atomic E-state index is 0.0338. The molecule has 0 aliphatic carbocycles. The Bertz CT molecular complexity index is 577. The molecule has 1 aromatic carbocycles. The average molecular weight is 256 g/mol. The maximum Gasteiger partial charge on any atom is 0.194 e. The van der Waals surface area contributed by atoms with E-state index in [1.807, 2.05) is 37.3 Å². The monoisotopic (exact) mass is 256 g/mol. The molecule has 0 N–H and O–H groups in total. The second-order valence-electron chi connectivity index (χ2n) is 4.89. The topological polar surface area (TPSA) is 44.1 Å². The van der Waals surface area contributed by atoms with Gasteiger partial charge in [0.15, 0.2) is 5.78 Å². The number of benzene rings is 1. The molecule has 0 spiro atoms. The third-order valence-corrected chi connectivity index (χ3v) is 3.41. The summed E-state index contributed by atoms with van der Waals surface area (Å²) in [7, 11) is 0. The summed E-state index contributed by atoms with van der Waals surface area (Å²) in [5, 5.41) is 4.24. The molecule has 3 rings (SSSR count). The molecule has 4 heteroatoms. The Balaban J connectivity index is 1.80. The van der Waals surface area contributed by atoms with Crippen molar-refractivity contribution in [1.82, 2.24) is 9.78 Å². The zero-order valence-electron chi connectivity index (χ0n) is 10.8. The summed E-state index contributed by atoms with van der Waals surface area (Å²) in [5.41, 5.74) is 1.56. The second kappa shape index (κ2) is 4.97. The van der Waals surface area contributed by atoms with Crippen LogP contribution in [0, 0.1) is 0 Å². The summed E-state index contributed by atoms with van der Waals surface area (Å²) in [6.45, 7) is 2.00. The van der Waals surface area contributed by atoms with Gasteiger partial charge in [0.25, 0.3) is 0 Å². The summed E-state index contributed by atoms with van der Waals surface area (Å²) >= 11 is 0. The van der Waals surface area contributed by atoms with Gasteiger partial charge in [-0.3, -0.25) is 4.79 Å². The molecule has 1 saturated heterocycles. The van der Waals surface area contributed by atoms with E-state index < -0.39 is 0 Å². The standard InChI is InChI=1S/C15H16N2O2/c1-11-7-8-14(19-11)15(18)12-9-16-17(10-12)13-5-3-2-4-6-13/h2-6,9-11,14H,7-8H2,1H3. The van der Waals surface area contributed by atoms with E-state index in [-0.39, 0.29) is 18.0 Å². The zero-order chi connectivity index (χ0) is 13.2.